The largest absolute Gasteiger partial charge is 0.497 e. The van der Waals surface area contributed by atoms with Crippen LogP contribution in [0.15, 0.2) is 18.2 Å². The van der Waals surface area contributed by atoms with Crippen molar-refractivity contribution in [2.75, 3.05) is 27.4 Å². The first-order valence-corrected chi connectivity index (χ1v) is 7.20. The fourth-order valence-corrected chi connectivity index (χ4v) is 2.02. The summed E-state index contributed by atoms with van der Waals surface area (Å²) in [4.78, 5) is 0. The van der Waals surface area contributed by atoms with Crippen LogP contribution in [0.5, 0.6) is 11.5 Å². The highest BCUT2D eigenvalue weighted by molar-refractivity contribution is 5.41. The van der Waals surface area contributed by atoms with Crippen molar-refractivity contribution in [3.63, 3.8) is 0 Å². The summed E-state index contributed by atoms with van der Waals surface area (Å²) in [6.45, 7) is 3.14. The number of aliphatic hydroxyl groups is 1. The van der Waals surface area contributed by atoms with Gasteiger partial charge in [-0.1, -0.05) is 26.2 Å². The molecule has 0 fully saturated rings. The highest BCUT2D eigenvalue weighted by atomic mass is 16.5. The lowest BCUT2D eigenvalue weighted by Crippen LogP contribution is -2.09. The molecule has 0 radical (unpaired) electrons. The Labute approximate surface area is 121 Å². The maximum Gasteiger partial charge on any atom is 0.125 e. The zero-order valence-electron chi connectivity index (χ0n) is 12.7. The summed E-state index contributed by atoms with van der Waals surface area (Å²) in [5.74, 6) is 1.34. The van der Waals surface area contributed by atoms with E-state index in [4.69, 9.17) is 14.2 Å². The van der Waals surface area contributed by atoms with E-state index in [-0.39, 0.29) is 6.61 Å². The molecule has 1 unspecified atom stereocenters. The molecular weight excluding hydrogens is 256 g/mol. The van der Waals surface area contributed by atoms with Crippen molar-refractivity contribution < 1.29 is 19.3 Å². The molecule has 0 aliphatic carbocycles. The lowest BCUT2D eigenvalue weighted by Gasteiger charge is -2.16. The summed E-state index contributed by atoms with van der Waals surface area (Å²) in [6.07, 6.45) is 3.95. The molecule has 1 aromatic carbocycles. The van der Waals surface area contributed by atoms with Crippen LogP contribution in [0.4, 0.5) is 0 Å². The van der Waals surface area contributed by atoms with Gasteiger partial charge in [0, 0.05) is 12.2 Å². The van der Waals surface area contributed by atoms with Crippen LogP contribution in [-0.2, 0) is 4.74 Å². The van der Waals surface area contributed by atoms with Crippen LogP contribution in [0, 0.1) is 0 Å². The van der Waals surface area contributed by atoms with Crippen molar-refractivity contribution in [2.45, 2.75) is 38.7 Å². The summed E-state index contributed by atoms with van der Waals surface area (Å²) < 4.78 is 15.9. The van der Waals surface area contributed by atoms with Gasteiger partial charge in [0.15, 0.2) is 0 Å². The zero-order chi connectivity index (χ0) is 14.8. The molecule has 0 aliphatic heterocycles. The zero-order valence-corrected chi connectivity index (χ0v) is 12.7. The van der Waals surface area contributed by atoms with Gasteiger partial charge >= 0.3 is 0 Å². The third-order valence-corrected chi connectivity index (χ3v) is 3.21. The van der Waals surface area contributed by atoms with Gasteiger partial charge in [-0.2, -0.15) is 0 Å². The molecule has 0 bridgehead atoms. The smallest absolute Gasteiger partial charge is 0.125 e. The van der Waals surface area contributed by atoms with Crippen LogP contribution in [-0.4, -0.2) is 32.5 Å². The van der Waals surface area contributed by atoms with Gasteiger partial charge < -0.3 is 19.3 Å². The second kappa shape index (κ2) is 9.61. The number of unbranched alkanes of at least 4 members (excludes halogenated alkanes) is 3. The van der Waals surface area contributed by atoms with Crippen molar-refractivity contribution in [1.82, 2.24) is 0 Å². The number of aliphatic hydroxyl groups excluding tert-OH is 1. The summed E-state index contributed by atoms with van der Waals surface area (Å²) in [5.41, 5.74) is 0.695. The minimum atomic E-state index is -0.703. The molecule has 1 N–H and O–H groups in total. The fraction of sp³-hybridized carbons (Fsp3) is 0.625. The molecule has 0 amide bonds. The van der Waals surface area contributed by atoms with E-state index in [2.05, 4.69) is 6.92 Å². The van der Waals surface area contributed by atoms with E-state index < -0.39 is 6.10 Å². The van der Waals surface area contributed by atoms with Gasteiger partial charge in [0.2, 0.25) is 0 Å². The number of hydrogen-bond acceptors (Lipinski definition) is 4. The third-order valence-electron chi connectivity index (χ3n) is 3.21. The van der Waals surface area contributed by atoms with Crippen LogP contribution in [0.1, 0.15) is 44.3 Å². The van der Waals surface area contributed by atoms with Crippen LogP contribution in [0.2, 0.25) is 0 Å². The Hall–Kier alpha value is -1.26. The monoisotopic (exact) mass is 282 g/mol. The predicted octanol–water partition coefficient (Wildman–Crippen LogP) is 3.33. The SMILES string of the molecule is CCCCCCOCC(O)c1cc(OC)ccc1OC. The van der Waals surface area contributed by atoms with Gasteiger partial charge in [0.25, 0.3) is 0 Å². The van der Waals surface area contributed by atoms with Crippen molar-refractivity contribution in [2.24, 2.45) is 0 Å². The molecule has 0 saturated heterocycles. The summed E-state index contributed by atoms with van der Waals surface area (Å²) in [5, 5.41) is 10.2. The van der Waals surface area contributed by atoms with Gasteiger partial charge in [0.05, 0.1) is 20.8 Å². The van der Waals surface area contributed by atoms with Crippen LogP contribution < -0.4 is 9.47 Å². The Kier molecular flexibility index (Phi) is 8.07. The third kappa shape index (κ3) is 5.39. The van der Waals surface area contributed by atoms with Gasteiger partial charge in [-0.15, -0.1) is 0 Å². The van der Waals surface area contributed by atoms with E-state index in [1.54, 1.807) is 32.4 Å². The normalized spacial score (nSPS) is 12.2. The minimum Gasteiger partial charge on any atom is -0.497 e. The van der Waals surface area contributed by atoms with Crippen molar-refractivity contribution >= 4 is 0 Å². The van der Waals surface area contributed by atoms with Crippen molar-refractivity contribution in [1.29, 1.82) is 0 Å². The molecule has 4 heteroatoms. The maximum atomic E-state index is 10.2. The first-order chi connectivity index (χ1) is 9.72. The van der Waals surface area contributed by atoms with Crippen molar-refractivity contribution in [3.8, 4) is 11.5 Å². The molecule has 1 atom stereocenters. The number of rotatable bonds is 10. The van der Waals surface area contributed by atoms with E-state index in [0.29, 0.717) is 23.7 Å². The molecule has 4 nitrogen and oxygen atoms in total. The molecule has 0 aliphatic rings. The van der Waals surface area contributed by atoms with Gasteiger partial charge in [-0.05, 0) is 24.6 Å². The Morgan fingerprint density at radius 1 is 1.10 bits per heavy atom. The van der Waals surface area contributed by atoms with Crippen LogP contribution in [0.25, 0.3) is 0 Å². The molecule has 0 saturated carbocycles. The summed E-state index contributed by atoms with van der Waals surface area (Å²) in [6, 6.07) is 5.38. The number of methoxy groups -OCH3 is 2. The highest BCUT2D eigenvalue weighted by Crippen LogP contribution is 2.29. The van der Waals surface area contributed by atoms with E-state index in [1.807, 2.05) is 0 Å². The highest BCUT2D eigenvalue weighted by Gasteiger charge is 2.14. The van der Waals surface area contributed by atoms with E-state index in [9.17, 15) is 5.11 Å². The number of benzene rings is 1. The second-order valence-electron chi connectivity index (χ2n) is 4.76. The molecule has 0 aromatic heterocycles. The molecule has 0 spiro atoms. The second-order valence-corrected chi connectivity index (χ2v) is 4.76. The summed E-state index contributed by atoms with van der Waals surface area (Å²) in [7, 11) is 3.19. The fourth-order valence-electron chi connectivity index (χ4n) is 2.02. The molecule has 114 valence electrons. The van der Waals surface area contributed by atoms with Gasteiger partial charge in [0.1, 0.15) is 17.6 Å². The van der Waals surface area contributed by atoms with E-state index >= 15 is 0 Å². The Morgan fingerprint density at radius 3 is 2.55 bits per heavy atom. The molecule has 1 aromatic rings. The Morgan fingerprint density at radius 2 is 1.90 bits per heavy atom. The predicted molar refractivity (Wildman–Crippen MR) is 79.5 cm³/mol. The summed E-state index contributed by atoms with van der Waals surface area (Å²) >= 11 is 0. The average molecular weight is 282 g/mol. The number of hydrogen-bond donors (Lipinski definition) is 1. The van der Waals surface area contributed by atoms with Crippen LogP contribution in [0.3, 0.4) is 0 Å². The molecule has 0 heterocycles. The molecular formula is C16H26O4. The standard InChI is InChI=1S/C16H26O4/c1-4-5-6-7-10-20-12-15(17)14-11-13(18-2)8-9-16(14)19-3/h8-9,11,15,17H,4-7,10,12H2,1-3H3. The quantitative estimate of drug-likeness (QED) is 0.669. The minimum absolute atomic E-state index is 0.273. The first-order valence-electron chi connectivity index (χ1n) is 7.20. The maximum absolute atomic E-state index is 10.2. The molecule has 1 rings (SSSR count). The first kappa shape index (κ1) is 16.8. The average Bonchev–Trinajstić information content (AvgIpc) is 2.49. The Bertz CT molecular complexity index is 379. The lowest BCUT2D eigenvalue weighted by molar-refractivity contribution is 0.0332. The lowest BCUT2D eigenvalue weighted by atomic mass is 10.1. The van der Waals surface area contributed by atoms with E-state index in [1.165, 1.54) is 19.3 Å². The van der Waals surface area contributed by atoms with Crippen molar-refractivity contribution in [3.05, 3.63) is 23.8 Å². The number of ether oxygens (including phenoxy) is 3. The van der Waals surface area contributed by atoms with Crippen LogP contribution >= 0.6 is 0 Å². The Balaban J connectivity index is 2.47. The van der Waals surface area contributed by atoms with Gasteiger partial charge in [-0.3, -0.25) is 0 Å². The van der Waals surface area contributed by atoms with Gasteiger partial charge in [-0.25, -0.2) is 0 Å². The topological polar surface area (TPSA) is 47.9 Å². The molecule has 20 heavy (non-hydrogen) atoms. The van der Waals surface area contributed by atoms with E-state index in [0.717, 1.165) is 6.42 Å².